The van der Waals surface area contributed by atoms with Crippen LogP contribution in [0.15, 0.2) is 6.20 Å². The molecule has 0 aromatic carbocycles. The van der Waals surface area contributed by atoms with E-state index in [0.29, 0.717) is 12.0 Å². The number of aryl methyl sites for hydroxylation is 2. The number of hydrogen-bond donors (Lipinski definition) is 1. The largest absolute Gasteiger partial charge is 0.365 e. The van der Waals surface area contributed by atoms with Gasteiger partial charge in [0.2, 0.25) is 6.43 Å². The summed E-state index contributed by atoms with van der Waals surface area (Å²) in [7, 11) is 1.77. The van der Waals surface area contributed by atoms with Crippen LogP contribution in [-0.4, -0.2) is 22.1 Å². The van der Waals surface area contributed by atoms with Crippen molar-refractivity contribution < 1.29 is 13.6 Å². The van der Waals surface area contributed by atoms with Gasteiger partial charge in [0.15, 0.2) is 0 Å². The fraction of sp³-hybridized carbons (Fsp3) is 0.733. The Balaban J connectivity index is 2.08. The van der Waals surface area contributed by atoms with Crippen LogP contribution in [0, 0.1) is 0 Å². The monoisotopic (exact) mass is 301 g/mol. The molecule has 0 atom stereocenters. The van der Waals surface area contributed by atoms with E-state index in [9.17, 15) is 13.6 Å². The Bertz CT molecular complexity index is 433. The topological polar surface area (TPSA) is 60.9 Å². The van der Waals surface area contributed by atoms with Crippen molar-refractivity contribution in [1.29, 1.82) is 0 Å². The summed E-state index contributed by atoms with van der Waals surface area (Å²) in [5.74, 6) is -0.433. The van der Waals surface area contributed by atoms with E-state index in [2.05, 4.69) is 5.10 Å². The summed E-state index contributed by atoms with van der Waals surface area (Å²) in [6.45, 7) is 0. The number of rotatable bonds is 11. The SMILES string of the molecule is Cn1cc(C(N)=O)c(CCCCCCCCCC(F)F)n1. The Morgan fingerprint density at radius 2 is 1.76 bits per heavy atom. The van der Waals surface area contributed by atoms with Crippen LogP contribution in [0.25, 0.3) is 0 Å². The van der Waals surface area contributed by atoms with Crippen molar-refractivity contribution in [3.05, 3.63) is 17.5 Å². The Morgan fingerprint density at radius 1 is 1.19 bits per heavy atom. The van der Waals surface area contributed by atoms with Gasteiger partial charge in [-0.1, -0.05) is 32.1 Å². The van der Waals surface area contributed by atoms with E-state index in [1.54, 1.807) is 17.9 Å². The predicted molar refractivity (Wildman–Crippen MR) is 78.4 cm³/mol. The van der Waals surface area contributed by atoms with E-state index in [0.717, 1.165) is 50.6 Å². The highest BCUT2D eigenvalue weighted by Gasteiger charge is 2.11. The minimum absolute atomic E-state index is 0.0234. The van der Waals surface area contributed by atoms with E-state index in [1.165, 1.54) is 0 Å². The quantitative estimate of drug-likeness (QED) is 0.636. The minimum Gasteiger partial charge on any atom is -0.365 e. The predicted octanol–water partition coefficient (Wildman–Crippen LogP) is 3.45. The molecule has 1 rings (SSSR count). The lowest BCUT2D eigenvalue weighted by Crippen LogP contribution is -2.12. The molecule has 2 N–H and O–H groups in total. The van der Waals surface area contributed by atoms with Crippen molar-refractivity contribution in [3.8, 4) is 0 Å². The van der Waals surface area contributed by atoms with Gasteiger partial charge in [0.25, 0.3) is 5.91 Å². The number of nitrogens with zero attached hydrogens (tertiary/aromatic N) is 2. The number of primary amides is 1. The molecule has 0 radical (unpaired) electrons. The molecule has 21 heavy (non-hydrogen) atoms. The van der Waals surface area contributed by atoms with Crippen LogP contribution in [0.2, 0.25) is 0 Å². The van der Waals surface area contributed by atoms with E-state index < -0.39 is 12.3 Å². The smallest absolute Gasteiger partial charge is 0.252 e. The molecule has 0 spiro atoms. The van der Waals surface area contributed by atoms with Crippen molar-refractivity contribution in [2.45, 2.75) is 64.2 Å². The van der Waals surface area contributed by atoms with Crippen molar-refractivity contribution >= 4 is 5.91 Å². The fourth-order valence-corrected chi connectivity index (χ4v) is 2.40. The molecule has 0 aliphatic heterocycles. The number of alkyl halides is 2. The van der Waals surface area contributed by atoms with Gasteiger partial charge in [-0.2, -0.15) is 5.10 Å². The third-order valence-electron chi connectivity index (χ3n) is 3.51. The van der Waals surface area contributed by atoms with Gasteiger partial charge in [-0.3, -0.25) is 9.48 Å². The Kier molecular flexibility index (Phi) is 7.93. The highest BCUT2D eigenvalue weighted by Crippen LogP contribution is 2.14. The number of carbonyl (C=O) groups is 1. The van der Waals surface area contributed by atoms with Gasteiger partial charge < -0.3 is 5.73 Å². The summed E-state index contributed by atoms with van der Waals surface area (Å²) < 4.78 is 25.5. The number of carbonyl (C=O) groups excluding carboxylic acids is 1. The molecule has 0 unspecified atom stereocenters. The number of unbranched alkanes of at least 4 members (excludes halogenated alkanes) is 6. The summed E-state index contributed by atoms with van der Waals surface area (Å²) >= 11 is 0. The average Bonchev–Trinajstić information content (AvgIpc) is 2.78. The van der Waals surface area contributed by atoms with E-state index in [-0.39, 0.29) is 6.42 Å². The number of aromatic nitrogens is 2. The first-order chi connectivity index (χ1) is 10.0. The molecule has 0 saturated heterocycles. The molecule has 0 aliphatic carbocycles. The minimum atomic E-state index is -2.16. The molecule has 1 heterocycles. The fourth-order valence-electron chi connectivity index (χ4n) is 2.40. The Hall–Kier alpha value is -1.46. The van der Waals surface area contributed by atoms with Crippen LogP contribution in [0.4, 0.5) is 8.78 Å². The summed E-state index contributed by atoms with van der Waals surface area (Å²) in [6, 6.07) is 0. The van der Waals surface area contributed by atoms with Gasteiger partial charge in [0.05, 0.1) is 11.3 Å². The molecule has 1 amide bonds. The second-order valence-electron chi connectivity index (χ2n) is 5.43. The van der Waals surface area contributed by atoms with Crippen LogP contribution >= 0.6 is 0 Å². The average molecular weight is 301 g/mol. The highest BCUT2D eigenvalue weighted by atomic mass is 19.3. The molecule has 1 aromatic rings. The summed E-state index contributed by atoms with van der Waals surface area (Å²) in [5, 5.41) is 4.25. The first-order valence-electron chi connectivity index (χ1n) is 7.61. The zero-order valence-electron chi connectivity index (χ0n) is 12.7. The molecule has 120 valence electrons. The number of amides is 1. The van der Waals surface area contributed by atoms with Crippen LogP contribution in [0.5, 0.6) is 0 Å². The Morgan fingerprint density at radius 3 is 2.33 bits per heavy atom. The first kappa shape index (κ1) is 17.6. The molecule has 0 bridgehead atoms. The molecule has 1 aromatic heterocycles. The second kappa shape index (κ2) is 9.47. The maximum atomic E-state index is 11.9. The number of nitrogens with two attached hydrogens (primary N) is 1. The summed E-state index contributed by atoms with van der Waals surface area (Å²) in [4.78, 5) is 11.2. The zero-order chi connectivity index (χ0) is 15.7. The van der Waals surface area contributed by atoms with Crippen molar-refractivity contribution in [1.82, 2.24) is 9.78 Å². The lowest BCUT2D eigenvalue weighted by atomic mass is 10.1. The second-order valence-corrected chi connectivity index (χ2v) is 5.43. The van der Waals surface area contributed by atoms with Gasteiger partial charge in [-0.15, -0.1) is 0 Å². The van der Waals surface area contributed by atoms with Gasteiger partial charge in [-0.25, -0.2) is 8.78 Å². The molecule has 6 heteroatoms. The van der Waals surface area contributed by atoms with Crippen molar-refractivity contribution in [3.63, 3.8) is 0 Å². The van der Waals surface area contributed by atoms with Gasteiger partial charge in [0.1, 0.15) is 0 Å². The third-order valence-corrected chi connectivity index (χ3v) is 3.51. The standard InChI is InChI=1S/C15H25F2N3O/c1-20-11-12(15(18)21)13(19-20)9-7-5-3-2-4-6-8-10-14(16)17/h11,14H,2-10H2,1H3,(H2,18,21). The summed E-state index contributed by atoms with van der Waals surface area (Å²) in [5.41, 5.74) is 6.57. The van der Waals surface area contributed by atoms with Crippen LogP contribution in [-0.2, 0) is 13.5 Å². The van der Waals surface area contributed by atoms with E-state index in [1.807, 2.05) is 0 Å². The lowest BCUT2D eigenvalue weighted by molar-refractivity contribution is 0.0999. The highest BCUT2D eigenvalue weighted by molar-refractivity contribution is 5.93. The normalized spacial score (nSPS) is 11.2. The molecular formula is C15H25F2N3O. The van der Waals surface area contributed by atoms with Crippen molar-refractivity contribution in [2.24, 2.45) is 12.8 Å². The van der Waals surface area contributed by atoms with Gasteiger partial charge in [-0.05, 0) is 19.3 Å². The third kappa shape index (κ3) is 7.20. The van der Waals surface area contributed by atoms with E-state index in [4.69, 9.17) is 5.73 Å². The first-order valence-corrected chi connectivity index (χ1v) is 7.61. The molecule has 0 saturated carbocycles. The van der Waals surface area contributed by atoms with Crippen LogP contribution < -0.4 is 5.73 Å². The number of halogens is 2. The maximum absolute atomic E-state index is 11.9. The van der Waals surface area contributed by atoms with Gasteiger partial charge in [0, 0.05) is 19.7 Å². The van der Waals surface area contributed by atoms with E-state index >= 15 is 0 Å². The lowest BCUT2D eigenvalue weighted by Gasteiger charge is -2.02. The number of hydrogen-bond acceptors (Lipinski definition) is 2. The van der Waals surface area contributed by atoms with Crippen LogP contribution in [0.1, 0.15) is 67.4 Å². The molecule has 4 nitrogen and oxygen atoms in total. The Labute approximate surface area is 124 Å². The zero-order valence-corrected chi connectivity index (χ0v) is 12.7. The van der Waals surface area contributed by atoms with Gasteiger partial charge >= 0.3 is 0 Å². The van der Waals surface area contributed by atoms with Crippen molar-refractivity contribution in [2.75, 3.05) is 0 Å². The summed E-state index contributed by atoms with van der Waals surface area (Å²) in [6.07, 6.45) is 6.98. The van der Waals surface area contributed by atoms with Crippen LogP contribution in [0.3, 0.4) is 0 Å². The molecular weight excluding hydrogens is 276 g/mol. The molecule has 0 aliphatic rings. The molecule has 0 fully saturated rings. The maximum Gasteiger partial charge on any atom is 0.252 e.